The molecule has 4 nitrogen and oxygen atoms in total. The maximum absolute atomic E-state index is 9.58. The van der Waals surface area contributed by atoms with Crippen LogP contribution in [0.1, 0.15) is 30.7 Å². The fourth-order valence-corrected chi connectivity index (χ4v) is 5.90. The lowest BCUT2D eigenvalue weighted by Crippen LogP contribution is -2.14. The second kappa shape index (κ2) is 6.13. The predicted octanol–water partition coefficient (Wildman–Crippen LogP) is 6.27. The van der Waals surface area contributed by atoms with Gasteiger partial charge >= 0.3 is 0 Å². The smallest absolute Gasteiger partial charge is 0.222 e. The first-order valence-corrected chi connectivity index (χ1v) is 10.9. The van der Waals surface area contributed by atoms with Gasteiger partial charge in [0, 0.05) is 15.5 Å². The van der Waals surface area contributed by atoms with Crippen LogP contribution in [0.3, 0.4) is 0 Å². The van der Waals surface area contributed by atoms with Crippen molar-refractivity contribution >= 4 is 37.6 Å². The number of rotatable bonds is 1. The number of aromatic nitrogens is 2. The van der Waals surface area contributed by atoms with Crippen LogP contribution < -0.4 is 5.73 Å². The SMILES string of the molecule is CC1(C)c2ccccc2-c2ccc(-c3ccc4sc5nc(N)nc(C#N)c5c4c3)cc21. The summed E-state index contributed by atoms with van der Waals surface area (Å²) in [5.41, 5.74) is 13.7. The molecule has 0 saturated carbocycles. The van der Waals surface area contributed by atoms with Gasteiger partial charge in [0.2, 0.25) is 5.95 Å². The molecule has 0 unspecified atom stereocenters. The minimum Gasteiger partial charge on any atom is -0.368 e. The number of nitrogens with zero attached hydrogens (tertiary/aromatic N) is 3. The Morgan fingerprint density at radius 1 is 0.903 bits per heavy atom. The summed E-state index contributed by atoms with van der Waals surface area (Å²) >= 11 is 1.54. The lowest BCUT2D eigenvalue weighted by atomic mass is 9.81. The molecule has 0 saturated heterocycles. The number of nitrogens with two attached hydrogens (primary N) is 1. The first-order chi connectivity index (χ1) is 15.0. The van der Waals surface area contributed by atoms with E-state index in [9.17, 15) is 5.26 Å². The first kappa shape index (κ1) is 18.1. The van der Waals surface area contributed by atoms with Crippen LogP contribution in [-0.4, -0.2) is 9.97 Å². The molecule has 0 fully saturated rings. The Bertz CT molecular complexity index is 1590. The van der Waals surface area contributed by atoms with Crippen LogP contribution in [0.15, 0.2) is 60.7 Å². The maximum Gasteiger partial charge on any atom is 0.222 e. The molecule has 31 heavy (non-hydrogen) atoms. The van der Waals surface area contributed by atoms with Crippen LogP contribution in [0.5, 0.6) is 0 Å². The monoisotopic (exact) mass is 418 g/mol. The summed E-state index contributed by atoms with van der Waals surface area (Å²) in [4.78, 5) is 9.24. The van der Waals surface area contributed by atoms with E-state index in [1.807, 2.05) is 0 Å². The molecule has 0 spiro atoms. The lowest BCUT2D eigenvalue weighted by molar-refractivity contribution is 0.660. The predicted molar refractivity (Wildman–Crippen MR) is 127 cm³/mol. The van der Waals surface area contributed by atoms with Crippen LogP contribution in [-0.2, 0) is 5.41 Å². The van der Waals surface area contributed by atoms with Crippen LogP contribution >= 0.6 is 11.3 Å². The van der Waals surface area contributed by atoms with Crippen LogP contribution in [0.25, 0.3) is 42.6 Å². The minimum absolute atomic E-state index is 0.0412. The zero-order valence-corrected chi connectivity index (χ0v) is 17.9. The number of thiophene rings is 1. The number of hydrogen-bond acceptors (Lipinski definition) is 5. The Morgan fingerprint density at radius 2 is 1.65 bits per heavy atom. The molecule has 5 aromatic rings. The Morgan fingerprint density at radius 3 is 2.48 bits per heavy atom. The number of hydrogen-bond donors (Lipinski definition) is 1. The summed E-state index contributed by atoms with van der Waals surface area (Å²) in [7, 11) is 0. The second-order valence-corrected chi connectivity index (χ2v) is 9.50. The Balaban J connectivity index is 1.56. The summed E-state index contributed by atoms with van der Waals surface area (Å²) < 4.78 is 1.07. The molecular weight excluding hydrogens is 400 g/mol. The number of anilines is 1. The van der Waals surface area contributed by atoms with Crippen LogP contribution in [0.2, 0.25) is 0 Å². The van der Waals surface area contributed by atoms with Crippen molar-refractivity contribution in [2.75, 3.05) is 5.73 Å². The number of fused-ring (bicyclic) bond motifs is 6. The van der Waals surface area contributed by atoms with E-state index >= 15 is 0 Å². The van der Waals surface area contributed by atoms with E-state index in [0.717, 1.165) is 31.4 Å². The van der Waals surface area contributed by atoms with Gasteiger partial charge in [-0.1, -0.05) is 56.3 Å². The molecule has 0 aliphatic heterocycles. The largest absolute Gasteiger partial charge is 0.368 e. The normalized spacial score (nSPS) is 13.8. The van der Waals surface area contributed by atoms with Crippen LogP contribution in [0.4, 0.5) is 5.95 Å². The fourth-order valence-electron chi connectivity index (χ4n) is 4.84. The quantitative estimate of drug-likeness (QED) is 0.348. The summed E-state index contributed by atoms with van der Waals surface area (Å²) in [5.74, 6) is 0.135. The Hall–Kier alpha value is -3.75. The molecule has 2 N–H and O–H groups in total. The lowest BCUT2D eigenvalue weighted by Gasteiger charge is -2.22. The van der Waals surface area contributed by atoms with Crippen LogP contribution in [0, 0.1) is 11.3 Å². The highest BCUT2D eigenvalue weighted by atomic mass is 32.1. The molecule has 2 heterocycles. The summed E-state index contributed by atoms with van der Waals surface area (Å²) in [6, 6.07) is 24.0. The molecule has 3 aromatic carbocycles. The number of benzene rings is 3. The molecule has 0 atom stereocenters. The Kier molecular flexibility index (Phi) is 3.57. The van der Waals surface area contributed by atoms with E-state index in [2.05, 4.69) is 90.5 Å². The van der Waals surface area contributed by atoms with Crippen molar-refractivity contribution in [3.8, 4) is 28.3 Å². The highest BCUT2D eigenvalue weighted by molar-refractivity contribution is 7.25. The van der Waals surface area contributed by atoms with Gasteiger partial charge < -0.3 is 5.73 Å². The average molecular weight is 419 g/mol. The molecule has 148 valence electrons. The van der Waals surface area contributed by atoms with Crippen molar-refractivity contribution in [1.82, 2.24) is 9.97 Å². The van der Waals surface area contributed by atoms with E-state index in [1.54, 1.807) is 0 Å². The third-order valence-electron chi connectivity index (χ3n) is 6.37. The number of nitrogen functional groups attached to an aromatic ring is 1. The highest BCUT2D eigenvalue weighted by Crippen LogP contribution is 2.49. The highest BCUT2D eigenvalue weighted by Gasteiger charge is 2.35. The van der Waals surface area contributed by atoms with Gasteiger partial charge in [-0.05, 0) is 51.6 Å². The van der Waals surface area contributed by atoms with Gasteiger partial charge in [0.25, 0.3) is 0 Å². The third kappa shape index (κ3) is 2.46. The fraction of sp³-hybridized carbons (Fsp3) is 0.115. The standard InChI is InChI=1S/C26H18N4S/c1-26(2)19-6-4-3-5-16(19)17-9-7-15(12-20(17)26)14-8-10-22-18(11-14)23-21(13-27)29-25(28)30-24(23)31-22/h3-12H,1-2H3,(H2,28,29,30). The van der Waals surface area contributed by atoms with Crippen molar-refractivity contribution < 1.29 is 0 Å². The summed E-state index contributed by atoms with van der Waals surface area (Å²) in [6.07, 6.45) is 0. The van der Waals surface area contributed by atoms with Gasteiger partial charge in [-0.25, -0.2) is 9.97 Å². The van der Waals surface area contributed by atoms with Crippen molar-refractivity contribution in [2.24, 2.45) is 0 Å². The van der Waals surface area contributed by atoms with E-state index < -0.39 is 0 Å². The van der Waals surface area contributed by atoms with Gasteiger partial charge in [0.1, 0.15) is 10.9 Å². The zero-order valence-electron chi connectivity index (χ0n) is 17.1. The van der Waals surface area contributed by atoms with E-state index in [0.29, 0.717) is 5.69 Å². The third-order valence-corrected chi connectivity index (χ3v) is 7.44. The Labute approximate surface area is 183 Å². The van der Waals surface area contributed by atoms with Gasteiger partial charge in [-0.15, -0.1) is 11.3 Å². The topological polar surface area (TPSA) is 75.6 Å². The van der Waals surface area contributed by atoms with Crippen molar-refractivity contribution in [3.05, 3.63) is 77.5 Å². The molecule has 2 aromatic heterocycles. The summed E-state index contributed by atoms with van der Waals surface area (Å²) in [5, 5.41) is 11.4. The molecule has 5 heteroatoms. The first-order valence-electron chi connectivity index (χ1n) is 10.1. The minimum atomic E-state index is -0.0412. The molecule has 1 aliphatic rings. The van der Waals surface area contributed by atoms with Crippen molar-refractivity contribution in [3.63, 3.8) is 0 Å². The molecular formula is C26H18N4S. The molecule has 0 radical (unpaired) electrons. The van der Waals surface area contributed by atoms with Crippen molar-refractivity contribution in [1.29, 1.82) is 5.26 Å². The van der Waals surface area contributed by atoms with Crippen molar-refractivity contribution in [2.45, 2.75) is 19.3 Å². The van der Waals surface area contributed by atoms with Gasteiger partial charge in [0.15, 0.2) is 5.69 Å². The molecule has 1 aliphatic carbocycles. The maximum atomic E-state index is 9.58. The number of nitriles is 1. The van der Waals surface area contributed by atoms with Gasteiger partial charge in [-0.2, -0.15) is 5.26 Å². The second-order valence-electron chi connectivity index (χ2n) is 8.47. The van der Waals surface area contributed by atoms with Gasteiger partial charge in [0.05, 0.1) is 5.39 Å². The van der Waals surface area contributed by atoms with E-state index in [4.69, 9.17) is 5.73 Å². The molecule has 0 bridgehead atoms. The van der Waals surface area contributed by atoms with Gasteiger partial charge in [-0.3, -0.25) is 0 Å². The zero-order chi connectivity index (χ0) is 21.3. The molecule has 6 rings (SSSR count). The summed E-state index contributed by atoms with van der Waals surface area (Å²) in [6.45, 7) is 4.58. The average Bonchev–Trinajstić information content (AvgIpc) is 3.25. The van der Waals surface area contributed by atoms with E-state index in [1.165, 1.54) is 33.6 Å². The van der Waals surface area contributed by atoms with E-state index in [-0.39, 0.29) is 11.4 Å². The molecule has 0 amide bonds.